The van der Waals surface area contributed by atoms with Crippen LogP contribution in [0.5, 0.6) is 11.5 Å². The van der Waals surface area contributed by atoms with Gasteiger partial charge in [-0.25, -0.2) is 0 Å². The molecule has 0 unspecified atom stereocenters. The predicted molar refractivity (Wildman–Crippen MR) is 90.9 cm³/mol. The molecule has 3 rings (SSSR count). The van der Waals surface area contributed by atoms with Crippen molar-refractivity contribution in [3.8, 4) is 11.5 Å². The first-order valence-electron chi connectivity index (χ1n) is 7.62. The van der Waals surface area contributed by atoms with Crippen molar-refractivity contribution >= 4 is 23.2 Å². The second-order valence-corrected chi connectivity index (χ2v) is 5.52. The lowest BCUT2D eigenvalue weighted by molar-refractivity contribution is -0.114. The van der Waals surface area contributed by atoms with Crippen molar-refractivity contribution < 1.29 is 19.1 Å². The maximum absolute atomic E-state index is 12.4. The van der Waals surface area contributed by atoms with Crippen LogP contribution in [0.25, 0.3) is 0 Å². The molecule has 0 spiro atoms. The fourth-order valence-corrected chi connectivity index (χ4v) is 2.41. The van der Waals surface area contributed by atoms with E-state index in [0.717, 1.165) is 5.56 Å². The first kappa shape index (κ1) is 15.9. The van der Waals surface area contributed by atoms with Gasteiger partial charge in [-0.05, 0) is 42.8 Å². The molecule has 2 aromatic rings. The van der Waals surface area contributed by atoms with E-state index in [9.17, 15) is 9.59 Å². The molecule has 1 aliphatic heterocycles. The summed E-state index contributed by atoms with van der Waals surface area (Å²) in [5, 5.41) is 5.56. The highest BCUT2D eigenvalue weighted by Crippen LogP contribution is 2.31. The van der Waals surface area contributed by atoms with E-state index in [1.54, 1.807) is 30.3 Å². The van der Waals surface area contributed by atoms with E-state index in [1.807, 2.05) is 13.0 Å². The van der Waals surface area contributed by atoms with Crippen molar-refractivity contribution in [2.24, 2.45) is 0 Å². The number of ether oxygens (including phenoxy) is 2. The zero-order valence-corrected chi connectivity index (χ0v) is 13.5. The van der Waals surface area contributed by atoms with Crippen LogP contribution in [0.3, 0.4) is 0 Å². The fourth-order valence-electron chi connectivity index (χ4n) is 2.41. The van der Waals surface area contributed by atoms with E-state index >= 15 is 0 Å². The molecule has 0 aromatic heterocycles. The molecular formula is C18H18N2O4. The third-order valence-corrected chi connectivity index (χ3v) is 3.61. The van der Waals surface area contributed by atoms with Crippen molar-refractivity contribution in [3.63, 3.8) is 0 Å². The van der Waals surface area contributed by atoms with E-state index in [2.05, 4.69) is 10.6 Å². The van der Waals surface area contributed by atoms with Gasteiger partial charge in [0.15, 0.2) is 11.5 Å². The molecule has 24 heavy (non-hydrogen) atoms. The standard InChI is InChI=1S/C18H18N2O4/c1-11-3-5-14(10-15(11)19-12(2)21)20-18(22)13-4-6-16-17(9-13)24-8-7-23-16/h3-6,9-10H,7-8H2,1-2H3,(H,19,21)(H,20,22). The smallest absolute Gasteiger partial charge is 0.255 e. The van der Waals surface area contributed by atoms with Crippen LogP contribution in [0.2, 0.25) is 0 Å². The summed E-state index contributed by atoms with van der Waals surface area (Å²) in [5.41, 5.74) is 2.66. The molecule has 6 nitrogen and oxygen atoms in total. The summed E-state index contributed by atoms with van der Waals surface area (Å²) in [5.74, 6) is 0.788. The molecule has 0 radical (unpaired) electrons. The summed E-state index contributed by atoms with van der Waals surface area (Å²) >= 11 is 0. The van der Waals surface area contributed by atoms with Gasteiger partial charge in [0.25, 0.3) is 5.91 Å². The Morgan fingerprint density at radius 2 is 1.71 bits per heavy atom. The first-order valence-corrected chi connectivity index (χ1v) is 7.62. The Hall–Kier alpha value is -3.02. The lowest BCUT2D eigenvalue weighted by atomic mass is 10.1. The van der Waals surface area contributed by atoms with E-state index in [1.165, 1.54) is 6.92 Å². The Bertz CT molecular complexity index is 802. The molecule has 2 amide bonds. The molecule has 0 saturated heterocycles. The summed E-state index contributed by atoms with van der Waals surface area (Å²) in [6.45, 7) is 4.31. The minimum absolute atomic E-state index is 0.159. The van der Waals surface area contributed by atoms with Crippen molar-refractivity contribution in [1.82, 2.24) is 0 Å². The van der Waals surface area contributed by atoms with Crippen LogP contribution in [0.15, 0.2) is 36.4 Å². The molecule has 0 atom stereocenters. The maximum atomic E-state index is 12.4. The average Bonchev–Trinajstić information content (AvgIpc) is 2.57. The minimum atomic E-state index is -0.260. The summed E-state index contributed by atoms with van der Waals surface area (Å²) < 4.78 is 10.9. The highest BCUT2D eigenvalue weighted by Gasteiger charge is 2.15. The van der Waals surface area contributed by atoms with E-state index in [-0.39, 0.29) is 11.8 Å². The number of amides is 2. The lowest BCUT2D eigenvalue weighted by Crippen LogP contribution is -2.17. The van der Waals surface area contributed by atoms with Crippen LogP contribution in [0.4, 0.5) is 11.4 Å². The van der Waals surface area contributed by atoms with E-state index in [0.29, 0.717) is 41.7 Å². The number of benzene rings is 2. The third-order valence-electron chi connectivity index (χ3n) is 3.61. The number of carbonyl (C=O) groups excluding carboxylic acids is 2. The van der Waals surface area contributed by atoms with Gasteiger partial charge in [0.2, 0.25) is 5.91 Å². The Morgan fingerprint density at radius 1 is 0.958 bits per heavy atom. The molecule has 6 heteroatoms. The second kappa shape index (κ2) is 6.62. The molecule has 0 saturated carbocycles. The molecule has 0 fully saturated rings. The summed E-state index contributed by atoms with van der Waals surface area (Å²) in [4.78, 5) is 23.7. The monoisotopic (exact) mass is 326 g/mol. The van der Waals surface area contributed by atoms with Crippen molar-refractivity contribution in [3.05, 3.63) is 47.5 Å². The molecule has 2 aromatic carbocycles. The van der Waals surface area contributed by atoms with Crippen LogP contribution in [-0.2, 0) is 4.79 Å². The van der Waals surface area contributed by atoms with Gasteiger partial charge in [-0.1, -0.05) is 6.07 Å². The fraction of sp³-hybridized carbons (Fsp3) is 0.222. The second-order valence-electron chi connectivity index (χ2n) is 5.52. The zero-order valence-electron chi connectivity index (χ0n) is 13.5. The van der Waals surface area contributed by atoms with Crippen LogP contribution in [0.1, 0.15) is 22.8 Å². The highest BCUT2D eigenvalue weighted by atomic mass is 16.6. The predicted octanol–water partition coefficient (Wildman–Crippen LogP) is 2.98. The molecule has 124 valence electrons. The van der Waals surface area contributed by atoms with E-state index < -0.39 is 0 Å². The Labute approximate surface area is 139 Å². The quantitative estimate of drug-likeness (QED) is 0.909. The number of aryl methyl sites for hydroxylation is 1. The van der Waals surface area contributed by atoms with Gasteiger partial charge in [0.05, 0.1) is 0 Å². The third kappa shape index (κ3) is 3.48. The summed E-state index contributed by atoms with van der Waals surface area (Å²) in [6, 6.07) is 10.4. The normalized spacial score (nSPS) is 12.4. The van der Waals surface area contributed by atoms with Gasteiger partial charge in [-0.3, -0.25) is 9.59 Å². The Kier molecular flexibility index (Phi) is 4.37. The number of hydrogen-bond acceptors (Lipinski definition) is 4. The molecule has 1 heterocycles. The Morgan fingerprint density at radius 3 is 2.46 bits per heavy atom. The van der Waals surface area contributed by atoms with Crippen molar-refractivity contribution in [2.75, 3.05) is 23.8 Å². The number of nitrogens with one attached hydrogen (secondary N) is 2. The molecule has 0 bridgehead atoms. The van der Waals surface area contributed by atoms with Crippen LogP contribution in [0, 0.1) is 6.92 Å². The van der Waals surface area contributed by atoms with Gasteiger partial charge < -0.3 is 20.1 Å². The Balaban J connectivity index is 1.78. The minimum Gasteiger partial charge on any atom is -0.486 e. The van der Waals surface area contributed by atoms with Crippen LogP contribution < -0.4 is 20.1 Å². The van der Waals surface area contributed by atoms with Gasteiger partial charge in [0.1, 0.15) is 13.2 Å². The number of carbonyl (C=O) groups is 2. The van der Waals surface area contributed by atoms with Crippen molar-refractivity contribution in [2.45, 2.75) is 13.8 Å². The zero-order chi connectivity index (χ0) is 17.1. The van der Waals surface area contributed by atoms with Crippen molar-refractivity contribution in [1.29, 1.82) is 0 Å². The number of hydrogen-bond donors (Lipinski definition) is 2. The van der Waals surface area contributed by atoms with Gasteiger partial charge in [-0.2, -0.15) is 0 Å². The summed E-state index contributed by atoms with van der Waals surface area (Å²) in [6.07, 6.45) is 0. The van der Waals surface area contributed by atoms with Crippen LogP contribution >= 0.6 is 0 Å². The molecule has 1 aliphatic rings. The highest BCUT2D eigenvalue weighted by molar-refractivity contribution is 6.05. The average molecular weight is 326 g/mol. The largest absolute Gasteiger partial charge is 0.486 e. The summed E-state index contributed by atoms with van der Waals surface area (Å²) in [7, 11) is 0. The van der Waals surface area contributed by atoms with Crippen LogP contribution in [-0.4, -0.2) is 25.0 Å². The van der Waals surface area contributed by atoms with Gasteiger partial charge in [-0.15, -0.1) is 0 Å². The molecule has 0 aliphatic carbocycles. The van der Waals surface area contributed by atoms with Gasteiger partial charge >= 0.3 is 0 Å². The topological polar surface area (TPSA) is 76.7 Å². The first-order chi connectivity index (χ1) is 11.5. The number of anilines is 2. The van der Waals surface area contributed by atoms with E-state index in [4.69, 9.17) is 9.47 Å². The van der Waals surface area contributed by atoms with Gasteiger partial charge in [0, 0.05) is 23.9 Å². The lowest BCUT2D eigenvalue weighted by Gasteiger charge is -2.18. The number of fused-ring (bicyclic) bond motifs is 1. The maximum Gasteiger partial charge on any atom is 0.255 e. The molecule has 2 N–H and O–H groups in total. The number of rotatable bonds is 3. The SMILES string of the molecule is CC(=O)Nc1cc(NC(=O)c2ccc3c(c2)OCCO3)ccc1C. The molecular weight excluding hydrogens is 308 g/mol.